The van der Waals surface area contributed by atoms with Crippen molar-refractivity contribution < 1.29 is 4.79 Å². The van der Waals surface area contributed by atoms with E-state index in [2.05, 4.69) is 10.6 Å². The maximum atomic E-state index is 11.9. The van der Waals surface area contributed by atoms with Crippen molar-refractivity contribution in [3.63, 3.8) is 0 Å². The number of nitrogens with one attached hydrogen (secondary N) is 2. The molecule has 1 aliphatic heterocycles. The van der Waals surface area contributed by atoms with Gasteiger partial charge in [-0.25, -0.2) is 0 Å². The van der Waals surface area contributed by atoms with Crippen LogP contribution < -0.4 is 10.6 Å². The average Bonchev–Trinajstić information content (AvgIpc) is 2.66. The van der Waals surface area contributed by atoms with Gasteiger partial charge in [-0.3, -0.25) is 4.79 Å². The first-order valence-corrected chi connectivity index (χ1v) is 6.04. The van der Waals surface area contributed by atoms with Crippen molar-refractivity contribution in [3.8, 4) is 0 Å². The molecule has 0 saturated carbocycles. The molecule has 0 aromatic heterocycles. The van der Waals surface area contributed by atoms with Crippen molar-refractivity contribution in [3.05, 3.63) is 59.1 Å². The van der Waals surface area contributed by atoms with Crippen LogP contribution >= 0.6 is 11.6 Å². The largest absolute Gasteiger partial charge is 0.370 e. The summed E-state index contributed by atoms with van der Waals surface area (Å²) in [5.74, 6) is -0.0452. The summed E-state index contributed by atoms with van der Waals surface area (Å²) in [5, 5.41) is 6.68. The Hall–Kier alpha value is -2.00. The van der Waals surface area contributed by atoms with E-state index in [4.69, 9.17) is 11.6 Å². The molecule has 3 rings (SSSR count). The lowest BCUT2D eigenvalue weighted by molar-refractivity contribution is -0.116. The molecule has 4 heteroatoms. The Morgan fingerprint density at radius 2 is 1.94 bits per heavy atom. The number of carbonyl (C=O) groups excluding carboxylic acids is 1. The molecular weight excluding hydrogens is 248 g/mol. The minimum Gasteiger partial charge on any atom is -0.370 e. The molecule has 2 N–H and O–H groups in total. The van der Waals surface area contributed by atoms with Gasteiger partial charge < -0.3 is 10.6 Å². The number of fused-ring (bicyclic) bond motifs is 1. The lowest BCUT2D eigenvalue weighted by atomic mass is 10.1. The van der Waals surface area contributed by atoms with Crippen LogP contribution in [0.3, 0.4) is 0 Å². The van der Waals surface area contributed by atoms with E-state index in [1.54, 1.807) is 12.1 Å². The molecule has 0 spiro atoms. The Bertz CT molecular complexity index is 612. The highest BCUT2D eigenvalue weighted by Crippen LogP contribution is 2.33. The van der Waals surface area contributed by atoms with Gasteiger partial charge in [0.05, 0.1) is 0 Å². The molecule has 18 heavy (non-hydrogen) atoms. The van der Waals surface area contributed by atoms with Crippen molar-refractivity contribution in [2.24, 2.45) is 0 Å². The first-order chi connectivity index (χ1) is 8.74. The normalized spacial score (nSPS) is 17.2. The van der Waals surface area contributed by atoms with Crippen molar-refractivity contribution >= 4 is 28.9 Å². The minimum atomic E-state index is -0.361. The first-order valence-electron chi connectivity index (χ1n) is 5.66. The van der Waals surface area contributed by atoms with Gasteiger partial charge in [0.15, 0.2) is 0 Å². The highest BCUT2D eigenvalue weighted by atomic mass is 35.5. The van der Waals surface area contributed by atoms with E-state index in [0.717, 1.165) is 16.9 Å². The predicted molar refractivity (Wildman–Crippen MR) is 72.9 cm³/mol. The van der Waals surface area contributed by atoms with Crippen LogP contribution in [0.4, 0.5) is 11.4 Å². The Morgan fingerprint density at radius 1 is 1.11 bits per heavy atom. The second-order valence-electron chi connectivity index (χ2n) is 4.16. The van der Waals surface area contributed by atoms with Gasteiger partial charge in [0.1, 0.15) is 6.04 Å². The van der Waals surface area contributed by atoms with Crippen LogP contribution in [0.5, 0.6) is 0 Å². The van der Waals surface area contributed by atoms with Gasteiger partial charge in [-0.05, 0) is 24.3 Å². The third-order valence-corrected chi connectivity index (χ3v) is 3.16. The van der Waals surface area contributed by atoms with Gasteiger partial charge in [-0.15, -0.1) is 0 Å². The van der Waals surface area contributed by atoms with E-state index in [1.807, 2.05) is 36.4 Å². The van der Waals surface area contributed by atoms with Crippen molar-refractivity contribution in [1.82, 2.24) is 0 Å². The molecular formula is C14H11ClN2O. The van der Waals surface area contributed by atoms with E-state index >= 15 is 0 Å². The average molecular weight is 259 g/mol. The summed E-state index contributed by atoms with van der Waals surface area (Å²) in [6.07, 6.45) is 0. The van der Waals surface area contributed by atoms with Crippen LogP contribution in [0.25, 0.3) is 0 Å². The quantitative estimate of drug-likeness (QED) is 0.866. The van der Waals surface area contributed by atoms with Crippen LogP contribution in [0.2, 0.25) is 5.02 Å². The minimum absolute atomic E-state index is 0.0452. The lowest BCUT2D eigenvalue weighted by Crippen LogP contribution is -2.19. The molecule has 0 fully saturated rings. The fourth-order valence-electron chi connectivity index (χ4n) is 2.10. The zero-order chi connectivity index (χ0) is 12.5. The summed E-state index contributed by atoms with van der Waals surface area (Å²) in [6.45, 7) is 0. The standard InChI is InChI=1S/C14H11ClN2O/c15-9-4-3-5-10(8-9)16-13-11-6-1-2-7-12(11)17-14(13)18/h1-8,13,16H,(H,17,18). The van der Waals surface area contributed by atoms with Gasteiger partial charge in [-0.1, -0.05) is 35.9 Å². The molecule has 0 bridgehead atoms. The Labute approximate surface area is 110 Å². The molecule has 0 saturated heterocycles. The number of carbonyl (C=O) groups is 1. The second-order valence-corrected chi connectivity index (χ2v) is 4.60. The smallest absolute Gasteiger partial charge is 0.251 e. The first kappa shape index (κ1) is 11.1. The maximum absolute atomic E-state index is 11.9. The molecule has 2 aromatic rings. The molecule has 90 valence electrons. The van der Waals surface area contributed by atoms with Crippen molar-refractivity contribution in [1.29, 1.82) is 0 Å². The Kier molecular flexibility index (Phi) is 2.68. The third-order valence-electron chi connectivity index (χ3n) is 2.93. The molecule has 3 nitrogen and oxygen atoms in total. The fraction of sp³-hybridized carbons (Fsp3) is 0.0714. The Morgan fingerprint density at radius 3 is 2.78 bits per heavy atom. The number of para-hydroxylation sites is 1. The zero-order valence-corrected chi connectivity index (χ0v) is 10.2. The van der Waals surface area contributed by atoms with Crippen LogP contribution in [0.1, 0.15) is 11.6 Å². The molecule has 2 aromatic carbocycles. The van der Waals surface area contributed by atoms with Gasteiger partial charge in [0.25, 0.3) is 5.91 Å². The highest BCUT2D eigenvalue weighted by Gasteiger charge is 2.29. The van der Waals surface area contributed by atoms with E-state index < -0.39 is 0 Å². The number of hydrogen-bond acceptors (Lipinski definition) is 2. The fourth-order valence-corrected chi connectivity index (χ4v) is 2.29. The van der Waals surface area contributed by atoms with E-state index in [-0.39, 0.29) is 11.9 Å². The van der Waals surface area contributed by atoms with E-state index in [9.17, 15) is 4.79 Å². The van der Waals surface area contributed by atoms with Crippen LogP contribution in [-0.4, -0.2) is 5.91 Å². The number of amides is 1. The molecule has 1 aliphatic rings. The summed E-state index contributed by atoms with van der Waals surface area (Å²) >= 11 is 5.93. The van der Waals surface area contributed by atoms with Crippen molar-refractivity contribution in [2.75, 3.05) is 10.6 Å². The van der Waals surface area contributed by atoms with Crippen LogP contribution in [-0.2, 0) is 4.79 Å². The number of halogens is 1. The maximum Gasteiger partial charge on any atom is 0.251 e. The molecule has 0 radical (unpaired) electrons. The van der Waals surface area contributed by atoms with Gasteiger partial charge in [0, 0.05) is 22.0 Å². The number of anilines is 2. The second kappa shape index (κ2) is 4.35. The summed E-state index contributed by atoms with van der Waals surface area (Å²) in [4.78, 5) is 11.9. The number of rotatable bonds is 2. The zero-order valence-electron chi connectivity index (χ0n) is 9.48. The summed E-state index contributed by atoms with van der Waals surface area (Å²) in [6, 6.07) is 14.6. The highest BCUT2D eigenvalue weighted by molar-refractivity contribution is 6.30. The summed E-state index contributed by atoms with van der Waals surface area (Å²) < 4.78 is 0. The van der Waals surface area contributed by atoms with Gasteiger partial charge in [-0.2, -0.15) is 0 Å². The number of benzene rings is 2. The molecule has 1 amide bonds. The molecule has 0 aliphatic carbocycles. The summed E-state index contributed by atoms with van der Waals surface area (Å²) in [5.41, 5.74) is 2.66. The number of hydrogen-bond donors (Lipinski definition) is 2. The van der Waals surface area contributed by atoms with Crippen LogP contribution in [0, 0.1) is 0 Å². The van der Waals surface area contributed by atoms with Gasteiger partial charge in [0.2, 0.25) is 0 Å². The van der Waals surface area contributed by atoms with Crippen LogP contribution in [0.15, 0.2) is 48.5 Å². The van der Waals surface area contributed by atoms with Crippen molar-refractivity contribution in [2.45, 2.75) is 6.04 Å². The molecule has 1 heterocycles. The summed E-state index contributed by atoms with van der Waals surface area (Å²) in [7, 11) is 0. The van der Waals surface area contributed by atoms with E-state index in [1.165, 1.54) is 0 Å². The molecule has 1 unspecified atom stereocenters. The monoisotopic (exact) mass is 258 g/mol. The van der Waals surface area contributed by atoms with Gasteiger partial charge >= 0.3 is 0 Å². The predicted octanol–water partition coefficient (Wildman–Crippen LogP) is 3.45. The lowest BCUT2D eigenvalue weighted by Gasteiger charge is -2.13. The SMILES string of the molecule is O=C1Nc2ccccc2C1Nc1cccc(Cl)c1. The topological polar surface area (TPSA) is 41.1 Å². The third kappa shape index (κ3) is 1.93. The molecule has 1 atom stereocenters. The van der Waals surface area contributed by atoms with E-state index in [0.29, 0.717) is 5.02 Å². The Balaban J connectivity index is 1.91.